The van der Waals surface area contributed by atoms with Gasteiger partial charge in [0.25, 0.3) is 5.91 Å². The van der Waals surface area contributed by atoms with Crippen LogP contribution in [0.3, 0.4) is 0 Å². The van der Waals surface area contributed by atoms with Crippen LogP contribution >= 0.6 is 0 Å². The molecule has 4 rings (SSSR count). The Morgan fingerprint density at radius 1 is 1.00 bits per heavy atom. The SMILES string of the molecule is CN(CCCNc1cc(=O)oc2ccccc12)C(=O)COc1ccc2ccccc2c1. The van der Waals surface area contributed by atoms with E-state index >= 15 is 0 Å². The van der Waals surface area contributed by atoms with E-state index in [1.165, 1.54) is 6.07 Å². The van der Waals surface area contributed by atoms with Gasteiger partial charge in [-0.05, 0) is 41.5 Å². The summed E-state index contributed by atoms with van der Waals surface area (Å²) in [6.45, 7) is 1.19. The van der Waals surface area contributed by atoms with Gasteiger partial charge in [0.1, 0.15) is 11.3 Å². The molecule has 0 unspecified atom stereocenters. The zero-order chi connectivity index (χ0) is 21.6. The predicted octanol–water partition coefficient (Wildman–Crippen LogP) is 4.29. The second-order valence-electron chi connectivity index (χ2n) is 7.37. The highest BCUT2D eigenvalue weighted by Gasteiger charge is 2.10. The first-order chi connectivity index (χ1) is 15.1. The van der Waals surface area contributed by atoms with Crippen molar-refractivity contribution in [1.82, 2.24) is 4.90 Å². The van der Waals surface area contributed by atoms with E-state index in [1.54, 1.807) is 18.0 Å². The summed E-state index contributed by atoms with van der Waals surface area (Å²) in [6, 6.07) is 22.7. The molecule has 6 nitrogen and oxygen atoms in total. The van der Waals surface area contributed by atoms with Crippen molar-refractivity contribution < 1.29 is 13.9 Å². The number of likely N-dealkylation sites (N-methyl/N-ethyl adjacent to an activating group) is 1. The van der Waals surface area contributed by atoms with Gasteiger partial charge < -0.3 is 19.4 Å². The lowest BCUT2D eigenvalue weighted by atomic mass is 10.1. The van der Waals surface area contributed by atoms with Gasteiger partial charge in [0.2, 0.25) is 0 Å². The smallest absolute Gasteiger partial charge is 0.338 e. The van der Waals surface area contributed by atoms with E-state index in [-0.39, 0.29) is 18.1 Å². The molecule has 0 saturated heterocycles. The van der Waals surface area contributed by atoms with Crippen molar-refractivity contribution in [3.05, 3.63) is 83.2 Å². The molecule has 1 aromatic heterocycles. The van der Waals surface area contributed by atoms with Crippen LogP contribution in [-0.2, 0) is 4.79 Å². The minimum absolute atomic E-state index is 0.00730. The first kappa shape index (κ1) is 20.5. The molecule has 1 N–H and O–H groups in total. The Hall–Kier alpha value is -3.80. The van der Waals surface area contributed by atoms with Crippen molar-refractivity contribution in [2.75, 3.05) is 32.1 Å². The number of nitrogens with one attached hydrogen (secondary N) is 1. The van der Waals surface area contributed by atoms with Gasteiger partial charge in [0, 0.05) is 31.6 Å². The number of amides is 1. The lowest BCUT2D eigenvalue weighted by Crippen LogP contribution is -2.33. The molecule has 0 saturated carbocycles. The molecule has 0 atom stereocenters. The minimum Gasteiger partial charge on any atom is -0.484 e. The monoisotopic (exact) mass is 416 g/mol. The van der Waals surface area contributed by atoms with E-state index in [2.05, 4.69) is 5.32 Å². The van der Waals surface area contributed by atoms with Gasteiger partial charge in [-0.2, -0.15) is 0 Å². The van der Waals surface area contributed by atoms with Crippen molar-refractivity contribution in [1.29, 1.82) is 0 Å². The molecule has 0 aliphatic carbocycles. The van der Waals surface area contributed by atoms with Gasteiger partial charge in [-0.25, -0.2) is 4.79 Å². The highest BCUT2D eigenvalue weighted by Crippen LogP contribution is 2.21. The number of hydrogen-bond donors (Lipinski definition) is 1. The van der Waals surface area contributed by atoms with Gasteiger partial charge in [-0.15, -0.1) is 0 Å². The Bertz CT molecular complexity index is 1270. The molecule has 6 heteroatoms. The van der Waals surface area contributed by atoms with Crippen LogP contribution in [0.15, 0.2) is 82.0 Å². The summed E-state index contributed by atoms with van der Waals surface area (Å²) in [5.74, 6) is 0.593. The highest BCUT2D eigenvalue weighted by molar-refractivity contribution is 5.89. The largest absolute Gasteiger partial charge is 0.484 e. The summed E-state index contributed by atoms with van der Waals surface area (Å²) in [6.07, 6.45) is 0.729. The summed E-state index contributed by atoms with van der Waals surface area (Å²) in [7, 11) is 1.76. The van der Waals surface area contributed by atoms with Gasteiger partial charge in [0.05, 0.1) is 5.69 Å². The van der Waals surface area contributed by atoms with Gasteiger partial charge in [-0.1, -0.05) is 42.5 Å². The van der Waals surface area contributed by atoms with Crippen molar-refractivity contribution in [2.45, 2.75) is 6.42 Å². The number of rotatable bonds is 8. The Morgan fingerprint density at radius 3 is 2.65 bits per heavy atom. The Kier molecular flexibility index (Phi) is 6.17. The number of fused-ring (bicyclic) bond motifs is 2. The molecule has 3 aromatic carbocycles. The van der Waals surface area contributed by atoms with Crippen LogP contribution < -0.4 is 15.7 Å². The molecule has 0 radical (unpaired) electrons. The summed E-state index contributed by atoms with van der Waals surface area (Å²) in [5, 5.41) is 6.34. The number of anilines is 1. The number of hydrogen-bond acceptors (Lipinski definition) is 5. The van der Waals surface area contributed by atoms with E-state index < -0.39 is 0 Å². The number of carbonyl (C=O) groups excluding carboxylic acids is 1. The molecule has 1 amide bonds. The molecule has 0 fully saturated rings. The number of benzene rings is 3. The fourth-order valence-corrected chi connectivity index (χ4v) is 3.43. The summed E-state index contributed by atoms with van der Waals surface area (Å²) in [4.78, 5) is 25.8. The van der Waals surface area contributed by atoms with E-state index in [0.717, 1.165) is 28.3 Å². The topological polar surface area (TPSA) is 71.8 Å². The molecule has 0 aliphatic heterocycles. The van der Waals surface area contributed by atoms with Gasteiger partial charge >= 0.3 is 5.63 Å². The van der Waals surface area contributed by atoms with E-state index in [9.17, 15) is 9.59 Å². The average molecular weight is 416 g/mol. The van der Waals surface area contributed by atoms with Gasteiger partial charge in [-0.3, -0.25) is 4.79 Å². The minimum atomic E-state index is -0.390. The fourth-order valence-electron chi connectivity index (χ4n) is 3.43. The third kappa shape index (κ3) is 5.04. The quantitative estimate of drug-likeness (QED) is 0.343. The fraction of sp³-hybridized carbons (Fsp3) is 0.200. The summed E-state index contributed by atoms with van der Waals surface area (Å²) >= 11 is 0. The van der Waals surface area contributed by atoms with Crippen LogP contribution in [0.1, 0.15) is 6.42 Å². The third-order valence-corrected chi connectivity index (χ3v) is 5.14. The average Bonchev–Trinajstić information content (AvgIpc) is 2.79. The van der Waals surface area contributed by atoms with E-state index in [0.29, 0.717) is 24.4 Å². The maximum Gasteiger partial charge on any atom is 0.338 e. The molecular weight excluding hydrogens is 392 g/mol. The summed E-state index contributed by atoms with van der Waals surface area (Å²) < 4.78 is 10.9. The lowest BCUT2D eigenvalue weighted by Gasteiger charge is -2.18. The first-order valence-corrected chi connectivity index (χ1v) is 10.2. The van der Waals surface area contributed by atoms with Crippen molar-refractivity contribution in [3.63, 3.8) is 0 Å². The molecule has 1 heterocycles. The number of ether oxygens (including phenoxy) is 1. The van der Waals surface area contributed by atoms with E-state index in [4.69, 9.17) is 9.15 Å². The zero-order valence-corrected chi connectivity index (χ0v) is 17.3. The Balaban J connectivity index is 1.25. The Labute approximate surface area is 180 Å². The second kappa shape index (κ2) is 9.34. The van der Waals surface area contributed by atoms with Crippen LogP contribution in [-0.4, -0.2) is 37.6 Å². The lowest BCUT2D eigenvalue weighted by molar-refractivity contribution is -0.132. The van der Waals surface area contributed by atoms with Crippen molar-refractivity contribution >= 4 is 33.3 Å². The normalized spacial score (nSPS) is 10.9. The van der Waals surface area contributed by atoms with Gasteiger partial charge in [0.15, 0.2) is 6.61 Å². The third-order valence-electron chi connectivity index (χ3n) is 5.14. The molecule has 4 aromatic rings. The predicted molar refractivity (Wildman–Crippen MR) is 123 cm³/mol. The molecule has 31 heavy (non-hydrogen) atoms. The van der Waals surface area contributed by atoms with E-state index in [1.807, 2.05) is 60.7 Å². The zero-order valence-electron chi connectivity index (χ0n) is 17.3. The van der Waals surface area contributed by atoms with Crippen LogP contribution in [0.25, 0.3) is 21.7 Å². The second-order valence-corrected chi connectivity index (χ2v) is 7.37. The van der Waals surface area contributed by atoms with Crippen molar-refractivity contribution in [3.8, 4) is 5.75 Å². The molecule has 158 valence electrons. The van der Waals surface area contributed by atoms with Crippen LogP contribution in [0.4, 0.5) is 5.69 Å². The highest BCUT2D eigenvalue weighted by atomic mass is 16.5. The molecule has 0 bridgehead atoms. The molecule has 0 aliphatic rings. The maximum atomic E-state index is 12.4. The first-order valence-electron chi connectivity index (χ1n) is 10.2. The summed E-state index contributed by atoms with van der Waals surface area (Å²) in [5.41, 5.74) is 0.899. The number of carbonyl (C=O) groups is 1. The van der Waals surface area contributed by atoms with Crippen molar-refractivity contribution in [2.24, 2.45) is 0 Å². The van der Waals surface area contributed by atoms with Crippen LogP contribution in [0.5, 0.6) is 5.75 Å². The Morgan fingerprint density at radius 2 is 1.77 bits per heavy atom. The number of nitrogens with zero attached hydrogens (tertiary/aromatic N) is 1. The number of para-hydroxylation sites is 1. The molecular formula is C25H24N2O4. The molecule has 0 spiro atoms. The maximum absolute atomic E-state index is 12.4. The standard InChI is InChI=1S/C25H24N2O4/c1-27(24(28)17-30-20-12-11-18-7-2-3-8-19(18)15-20)14-6-13-26-22-16-25(29)31-23-10-5-4-9-21(22)23/h2-5,7-12,15-16,26H,6,13-14,17H2,1H3. The van der Waals surface area contributed by atoms with Crippen LogP contribution in [0, 0.1) is 0 Å². The van der Waals surface area contributed by atoms with Crippen LogP contribution in [0.2, 0.25) is 0 Å².